The zero-order valence-corrected chi connectivity index (χ0v) is 9.48. The lowest BCUT2D eigenvalue weighted by Gasteiger charge is -2.17. The van der Waals surface area contributed by atoms with Gasteiger partial charge < -0.3 is 5.32 Å². The lowest BCUT2D eigenvalue weighted by Crippen LogP contribution is -2.35. The Labute approximate surface area is 102 Å². The zero-order valence-electron chi connectivity index (χ0n) is 9.48. The molecule has 0 unspecified atom stereocenters. The predicted octanol–water partition coefficient (Wildman–Crippen LogP) is 1.36. The van der Waals surface area contributed by atoms with E-state index in [0.29, 0.717) is 5.56 Å². The van der Waals surface area contributed by atoms with Gasteiger partial charge in [-0.15, -0.1) is 0 Å². The third-order valence-electron chi connectivity index (χ3n) is 3.14. The Hall–Kier alpha value is -2.24. The number of nitrogens with zero attached hydrogens (tertiary/aromatic N) is 2. The van der Waals surface area contributed by atoms with Crippen molar-refractivity contribution in [2.75, 3.05) is 0 Å². The summed E-state index contributed by atoms with van der Waals surface area (Å²) in [4.78, 5) is 11.9. The van der Waals surface area contributed by atoms with Gasteiger partial charge in [0.15, 0.2) is 5.69 Å². The number of nitrogens with one attached hydrogen (secondary N) is 2. The van der Waals surface area contributed by atoms with Gasteiger partial charge in [0.05, 0.1) is 11.7 Å². The summed E-state index contributed by atoms with van der Waals surface area (Å²) in [6, 6.07) is 6.50. The largest absolute Gasteiger partial charge is 0.341 e. The van der Waals surface area contributed by atoms with Gasteiger partial charge in [-0.25, -0.2) is 4.39 Å². The van der Waals surface area contributed by atoms with E-state index in [9.17, 15) is 9.18 Å². The lowest BCUT2D eigenvalue weighted by molar-refractivity contribution is 0.0925. The van der Waals surface area contributed by atoms with Crippen LogP contribution in [0.2, 0.25) is 0 Å². The number of halogens is 1. The smallest absolute Gasteiger partial charge is 0.274 e. The van der Waals surface area contributed by atoms with Gasteiger partial charge in [0, 0.05) is 5.56 Å². The molecule has 1 aliphatic rings. The molecule has 0 radical (unpaired) electrons. The fraction of sp³-hybridized carbons (Fsp3) is 0.250. The molecule has 5 nitrogen and oxygen atoms in total. The summed E-state index contributed by atoms with van der Waals surface area (Å²) in [5.41, 5.74) is 0.154. The van der Waals surface area contributed by atoms with Crippen molar-refractivity contribution in [1.29, 1.82) is 0 Å². The molecule has 1 amide bonds. The van der Waals surface area contributed by atoms with Crippen molar-refractivity contribution in [2.45, 2.75) is 18.4 Å². The fourth-order valence-corrected chi connectivity index (χ4v) is 2.03. The maximum atomic E-state index is 13.7. The average Bonchev–Trinajstić information content (AvgIpc) is 2.94. The molecule has 1 aromatic carbocycles. The van der Waals surface area contributed by atoms with E-state index in [1.54, 1.807) is 18.2 Å². The molecule has 0 bridgehead atoms. The Kier molecular flexibility index (Phi) is 2.36. The molecule has 18 heavy (non-hydrogen) atoms. The van der Waals surface area contributed by atoms with E-state index < -0.39 is 5.54 Å². The van der Waals surface area contributed by atoms with Crippen molar-refractivity contribution in [1.82, 2.24) is 20.7 Å². The highest BCUT2D eigenvalue weighted by Crippen LogP contribution is 2.46. The molecule has 3 rings (SSSR count). The number of H-pyrrole nitrogens is 1. The summed E-state index contributed by atoms with van der Waals surface area (Å²) < 4.78 is 13.7. The van der Waals surface area contributed by atoms with Crippen LogP contribution in [-0.2, 0) is 5.54 Å². The molecular formula is C12H11FN4O. The number of carbonyl (C=O) groups is 1. The molecule has 1 aliphatic carbocycles. The van der Waals surface area contributed by atoms with E-state index in [0.717, 1.165) is 12.8 Å². The minimum atomic E-state index is -0.582. The van der Waals surface area contributed by atoms with Crippen LogP contribution in [0.1, 0.15) is 28.9 Å². The van der Waals surface area contributed by atoms with Crippen LogP contribution in [0, 0.1) is 5.82 Å². The molecule has 0 aliphatic heterocycles. The number of benzene rings is 1. The Morgan fingerprint density at radius 2 is 2.17 bits per heavy atom. The van der Waals surface area contributed by atoms with Crippen LogP contribution in [0.25, 0.3) is 0 Å². The molecule has 0 atom stereocenters. The molecule has 1 aromatic heterocycles. The van der Waals surface area contributed by atoms with Crippen LogP contribution < -0.4 is 5.32 Å². The minimum absolute atomic E-state index is 0.206. The number of hydrogen-bond acceptors (Lipinski definition) is 3. The molecule has 0 saturated heterocycles. The number of amides is 1. The highest BCUT2D eigenvalue weighted by atomic mass is 19.1. The second-order valence-corrected chi connectivity index (χ2v) is 4.37. The van der Waals surface area contributed by atoms with Crippen molar-refractivity contribution >= 4 is 5.91 Å². The molecular weight excluding hydrogens is 235 g/mol. The normalized spacial score (nSPS) is 16.3. The second-order valence-electron chi connectivity index (χ2n) is 4.37. The molecule has 92 valence electrons. The number of aromatic nitrogens is 3. The standard InChI is InChI=1S/C12H11FN4O/c13-9-4-2-1-3-8(9)12(5-6-12)15-11(18)10-7-14-17-16-10/h1-4,7H,5-6H2,(H,15,18)(H,14,16,17). The molecule has 6 heteroatoms. The topological polar surface area (TPSA) is 70.7 Å². The molecule has 0 spiro atoms. The summed E-state index contributed by atoms with van der Waals surface area (Å²) in [5, 5.41) is 12.5. The highest BCUT2D eigenvalue weighted by Gasteiger charge is 2.47. The summed E-state index contributed by atoms with van der Waals surface area (Å²) in [6.45, 7) is 0. The van der Waals surface area contributed by atoms with Crippen molar-refractivity contribution in [3.63, 3.8) is 0 Å². The van der Waals surface area contributed by atoms with Crippen LogP contribution in [0.5, 0.6) is 0 Å². The highest BCUT2D eigenvalue weighted by molar-refractivity contribution is 5.92. The first kappa shape index (κ1) is 10.9. The van der Waals surface area contributed by atoms with Crippen LogP contribution >= 0.6 is 0 Å². The first-order chi connectivity index (χ1) is 8.71. The zero-order chi connectivity index (χ0) is 12.6. The number of rotatable bonds is 3. The van der Waals surface area contributed by atoms with E-state index in [1.165, 1.54) is 12.3 Å². The lowest BCUT2D eigenvalue weighted by atomic mass is 10.0. The van der Waals surface area contributed by atoms with Gasteiger partial charge in [-0.05, 0) is 18.9 Å². The van der Waals surface area contributed by atoms with Crippen molar-refractivity contribution < 1.29 is 9.18 Å². The molecule has 1 saturated carbocycles. The second kappa shape index (κ2) is 3.90. The first-order valence-corrected chi connectivity index (χ1v) is 5.65. The van der Waals surface area contributed by atoms with E-state index in [4.69, 9.17) is 0 Å². The van der Waals surface area contributed by atoms with Gasteiger partial charge in [-0.2, -0.15) is 15.4 Å². The van der Waals surface area contributed by atoms with Crippen LogP contribution in [-0.4, -0.2) is 21.3 Å². The Bertz CT molecular complexity index is 578. The number of aromatic amines is 1. The molecule has 2 aromatic rings. The maximum absolute atomic E-state index is 13.7. The summed E-state index contributed by atoms with van der Waals surface area (Å²) >= 11 is 0. The summed E-state index contributed by atoms with van der Waals surface area (Å²) in [7, 11) is 0. The van der Waals surface area contributed by atoms with Crippen LogP contribution in [0.15, 0.2) is 30.5 Å². The average molecular weight is 246 g/mol. The number of hydrogen-bond donors (Lipinski definition) is 2. The van der Waals surface area contributed by atoms with Gasteiger partial charge in [-0.3, -0.25) is 4.79 Å². The minimum Gasteiger partial charge on any atom is -0.341 e. The Morgan fingerprint density at radius 3 is 2.78 bits per heavy atom. The molecule has 2 N–H and O–H groups in total. The van der Waals surface area contributed by atoms with E-state index in [-0.39, 0.29) is 17.4 Å². The Morgan fingerprint density at radius 1 is 1.39 bits per heavy atom. The van der Waals surface area contributed by atoms with Crippen LogP contribution in [0.4, 0.5) is 4.39 Å². The van der Waals surface area contributed by atoms with E-state index in [2.05, 4.69) is 20.7 Å². The van der Waals surface area contributed by atoms with Gasteiger partial charge in [-0.1, -0.05) is 18.2 Å². The van der Waals surface area contributed by atoms with E-state index >= 15 is 0 Å². The summed E-state index contributed by atoms with van der Waals surface area (Å²) in [6.07, 6.45) is 2.81. The van der Waals surface area contributed by atoms with Crippen LogP contribution in [0.3, 0.4) is 0 Å². The Balaban J connectivity index is 1.85. The third-order valence-corrected chi connectivity index (χ3v) is 3.14. The van der Waals surface area contributed by atoms with Crippen molar-refractivity contribution in [3.8, 4) is 0 Å². The molecule has 1 fully saturated rings. The monoisotopic (exact) mass is 246 g/mol. The first-order valence-electron chi connectivity index (χ1n) is 5.65. The van der Waals surface area contributed by atoms with Gasteiger partial charge in [0.1, 0.15) is 5.82 Å². The van der Waals surface area contributed by atoms with Gasteiger partial charge in [0.25, 0.3) is 5.91 Å². The van der Waals surface area contributed by atoms with Gasteiger partial charge in [0.2, 0.25) is 0 Å². The van der Waals surface area contributed by atoms with E-state index in [1.807, 2.05) is 0 Å². The maximum Gasteiger partial charge on any atom is 0.274 e. The van der Waals surface area contributed by atoms with Gasteiger partial charge >= 0.3 is 0 Å². The fourth-order valence-electron chi connectivity index (χ4n) is 2.03. The third kappa shape index (κ3) is 1.75. The molecule has 1 heterocycles. The van der Waals surface area contributed by atoms with Crippen molar-refractivity contribution in [3.05, 3.63) is 47.5 Å². The SMILES string of the molecule is O=C(NC1(c2ccccc2F)CC1)c1cn[nH]n1. The number of carbonyl (C=O) groups excluding carboxylic acids is 1. The summed E-state index contributed by atoms with van der Waals surface area (Å²) in [5.74, 6) is -0.639. The van der Waals surface area contributed by atoms with Crippen molar-refractivity contribution in [2.24, 2.45) is 0 Å². The quantitative estimate of drug-likeness (QED) is 0.859. The predicted molar refractivity (Wildman–Crippen MR) is 61.2 cm³/mol.